The van der Waals surface area contributed by atoms with E-state index in [-0.39, 0.29) is 11.2 Å². The van der Waals surface area contributed by atoms with Gasteiger partial charge in [0.1, 0.15) is 5.82 Å². The average Bonchev–Trinajstić information content (AvgIpc) is 2.89. The van der Waals surface area contributed by atoms with E-state index in [0.29, 0.717) is 23.2 Å². The number of fused-ring (bicyclic) bond motifs is 1. The predicted molar refractivity (Wildman–Crippen MR) is 99.4 cm³/mol. The van der Waals surface area contributed by atoms with Gasteiger partial charge in [-0.05, 0) is 29.2 Å². The molecule has 2 aromatic carbocycles. The van der Waals surface area contributed by atoms with Gasteiger partial charge in [-0.1, -0.05) is 39.0 Å². The SMILES string of the molecule is CC(C)(C)Cn1cc(CN)c2cc(F)c(-c3ccccc3C#N)cc21. The van der Waals surface area contributed by atoms with Gasteiger partial charge in [0.25, 0.3) is 0 Å². The van der Waals surface area contributed by atoms with Gasteiger partial charge in [0, 0.05) is 41.3 Å². The van der Waals surface area contributed by atoms with E-state index in [4.69, 9.17) is 5.73 Å². The summed E-state index contributed by atoms with van der Waals surface area (Å²) in [4.78, 5) is 0. The van der Waals surface area contributed by atoms with Gasteiger partial charge < -0.3 is 10.3 Å². The molecule has 0 spiro atoms. The van der Waals surface area contributed by atoms with Gasteiger partial charge in [0.15, 0.2) is 0 Å². The molecule has 3 rings (SSSR count). The Balaban J connectivity index is 2.27. The fourth-order valence-corrected chi connectivity index (χ4v) is 3.21. The minimum atomic E-state index is -0.335. The molecule has 0 aliphatic carbocycles. The summed E-state index contributed by atoms with van der Waals surface area (Å²) < 4.78 is 17.0. The van der Waals surface area contributed by atoms with Gasteiger partial charge in [-0.15, -0.1) is 0 Å². The molecule has 0 bridgehead atoms. The molecule has 0 unspecified atom stereocenters. The van der Waals surface area contributed by atoms with Crippen molar-refractivity contribution in [3.63, 3.8) is 0 Å². The standard InChI is InChI=1S/C21H22FN3/c1-21(2,3)13-25-12-15(11-24)17-8-19(22)18(9-20(17)25)16-7-5-4-6-14(16)10-23/h4-9,12H,11,13,24H2,1-3H3. The van der Waals surface area contributed by atoms with Crippen molar-refractivity contribution in [3.05, 3.63) is 59.5 Å². The maximum atomic E-state index is 14.8. The lowest BCUT2D eigenvalue weighted by Gasteiger charge is -2.20. The van der Waals surface area contributed by atoms with E-state index in [2.05, 4.69) is 31.4 Å². The molecule has 3 aromatic rings. The van der Waals surface area contributed by atoms with Crippen LogP contribution in [0.15, 0.2) is 42.6 Å². The maximum absolute atomic E-state index is 14.8. The number of nitrogens with zero attached hydrogens (tertiary/aromatic N) is 2. The molecule has 1 aromatic heterocycles. The fraction of sp³-hybridized carbons (Fsp3) is 0.286. The Morgan fingerprint density at radius 1 is 1.16 bits per heavy atom. The first-order valence-corrected chi connectivity index (χ1v) is 8.35. The minimum Gasteiger partial charge on any atom is -0.347 e. The molecule has 0 saturated heterocycles. The summed E-state index contributed by atoms with van der Waals surface area (Å²) in [5.41, 5.74) is 9.34. The third-order valence-electron chi connectivity index (χ3n) is 4.25. The Morgan fingerprint density at radius 3 is 2.52 bits per heavy atom. The Hall–Kier alpha value is -2.64. The third-order valence-corrected chi connectivity index (χ3v) is 4.25. The number of benzene rings is 2. The zero-order valence-corrected chi connectivity index (χ0v) is 14.8. The van der Waals surface area contributed by atoms with Crippen LogP contribution in [0.2, 0.25) is 0 Å². The first-order chi connectivity index (χ1) is 11.8. The highest BCUT2D eigenvalue weighted by Crippen LogP contribution is 2.33. The molecule has 0 amide bonds. The van der Waals surface area contributed by atoms with Crippen LogP contribution in [0.3, 0.4) is 0 Å². The maximum Gasteiger partial charge on any atom is 0.131 e. The zero-order valence-electron chi connectivity index (χ0n) is 14.8. The number of hydrogen-bond donors (Lipinski definition) is 1. The van der Waals surface area contributed by atoms with Crippen LogP contribution in [0.1, 0.15) is 31.9 Å². The number of aromatic nitrogens is 1. The van der Waals surface area contributed by atoms with Crippen LogP contribution >= 0.6 is 0 Å². The number of nitrogens with two attached hydrogens (primary N) is 1. The molecule has 0 fully saturated rings. The van der Waals surface area contributed by atoms with Gasteiger partial charge in [-0.25, -0.2) is 4.39 Å². The van der Waals surface area contributed by atoms with Crippen molar-refractivity contribution >= 4 is 10.9 Å². The van der Waals surface area contributed by atoms with E-state index >= 15 is 0 Å². The van der Waals surface area contributed by atoms with Crippen LogP contribution < -0.4 is 5.73 Å². The van der Waals surface area contributed by atoms with E-state index in [0.717, 1.165) is 23.0 Å². The highest BCUT2D eigenvalue weighted by Gasteiger charge is 2.18. The van der Waals surface area contributed by atoms with E-state index in [1.165, 1.54) is 0 Å². The molecule has 4 heteroatoms. The Morgan fingerprint density at radius 2 is 1.88 bits per heavy atom. The lowest BCUT2D eigenvalue weighted by atomic mass is 9.96. The first-order valence-electron chi connectivity index (χ1n) is 8.35. The topological polar surface area (TPSA) is 54.7 Å². The van der Waals surface area contributed by atoms with E-state index in [9.17, 15) is 9.65 Å². The van der Waals surface area contributed by atoms with Crippen molar-refractivity contribution in [2.75, 3.05) is 0 Å². The summed E-state index contributed by atoms with van der Waals surface area (Å²) in [6.07, 6.45) is 2.01. The van der Waals surface area contributed by atoms with Gasteiger partial charge in [0.2, 0.25) is 0 Å². The molecule has 0 atom stereocenters. The second-order valence-corrected chi connectivity index (χ2v) is 7.55. The molecule has 0 saturated carbocycles. The van der Waals surface area contributed by atoms with Crippen LogP contribution in [0.5, 0.6) is 0 Å². The van der Waals surface area contributed by atoms with Gasteiger partial charge in [-0.3, -0.25) is 0 Å². The molecule has 2 N–H and O–H groups in total. The van der Waals surface area contributed by atoms with Crippen LogP contribution in [0.4, 0.5) is 4.39 Å². The highest BCUT2D eigenvalue weighted by molar-refractivity contribution is 5.89. The lowest BCUT2D eigenvalue weighted by Crippen LogP contribution is -2.14. The minimum absolute atomic E-state index is 0.0803. The van der Waals surface area contributed by atoms with Gasteiger partial charge in [-0.2, -0.15) is 5.26 Å². The number of rotatable bonds is 3. The van der Waals surface area contributed by atoms with Crippen molar-refractivity contribution in [2.45, 2.75) is 33.9 Å². The molecule has 1 heterocycles. The molecule has 0 aliphatic heterocycles. The summed E-state index contributed by atoms with van der Waals surface area (Å²) in [5.74, 6) is -0.335. The van der Waals surface area contributed by atoms with Gasteiger partial charge in [0.05, 0.1) is 11.6 Å². The van der Waals surface area contributed by atoms with Crippen molar-refractivity contribution in [1.29, 1.82) is 5.26 Å². The van der Waals surface area contributed by atoms with E-state index < -0.39 is 0 Å². The molecule has 0 aliphatic rings. The van der Waals surface area contributed by atoms with Crippen LogP contribution in [0.25, 0.3) is 22.0 Å². The van der Waals surface area contributed by atoms with Crippen LogP contribution in [-0.2, 0) is 13.1 Å². The third kappa shape index (κ3) is 3.29. The van der Waals surface area contributed by atoms with Crippen molar-refractivity contribution in [1.82, 2.24) is 4.57 Å². The quantitative estimate of drug-likeness (QED) is 0.746. The Bertz CT molecular complexity index is 971. The van der Waals surface area contributed by atoms with Crippen molar-refractivity contribution in [2.24, 2.45) is 11.1 Å². The van der Waals surface area contributed by atoms with Crippen LogP contribution in [-0.4, -0.2) is 4.57 Å². The zero-order chi connectivity index (χ0) is 18.2. The fourth-order valence-electron chi connectivity index (χ4n) is 3.21. The second kappa shape index (κ2) is 6.34. The summed E-state index contributed by atoms with van der Waals surface area (Å²) >= 11 is 0. The molecule has 3 nitrogen and oxygen atoms in total. The highest BCUT2D eigenvalue weighted by atomic mass is 19.1. The van der Waals surface area contributed by atoms with E-state index in [1.807, 2.05) is 18.3 Å². The van der Waals surface area contributed by atoms with Crippen molar-refractivity contribution in [3.8, 4) is 17.2 Å². The molecule has 0 radical (unpaired) electrons. The summed E-state index contributed by atoms with van der Waals surface area (Å²) in [6, 6.07) is 12.6. The summed E-state index contributed by atoms with van der Waals surface area (Å²) in [6.45, 7) is 7.65. The molecule has 25 heavy (non-hydrogen) atoms. The first kappa shape index (κ1) is 17.2. The Kier molecular flexibility index (Phi) is 4.36. The average molecular weight is 335 g/mol. The summed E-state index contributed by atoms with van der Waals surface area (Å²) in [5, 5.41) is 10.2. The Labute approximate surface area is 147 Å². The molecular formula is C21H22FN3. The van der Waals surface area contributed by atoms with E-state index in [1.54, 1.807) is 24.3 Å². The monoisotopic (exact) mass is 335 g/mol. The molecular weight excluding hydrogens is 313 g/mol. The number of halogens is 1. The van der Waals surface area contributed by atoms with Crippen molar-refractivity contribution < 1.29 is 4.39 Å². The largest absolute Gasteiger partial charge is 0.347 e. The number of nitriles is 1. The number of hydrogen-bond acceptors (Lipinski definition) is 2. The van der Waals surface area contributed by atoms with Gasteiger partial charge >= 0.3 is 0 Å². The predicted octanol–water partition coefficient (Wildman–Crippen LogP) is 4.82. The second-order valence-electron chi connectivity index (χ2n) is 7.55. The lowest BCUT2D eigenvalue weighted by molar-refractivity contribution is 0.349. The normalized spacial score (nSPS) is 11.7. The smallest absolute Gasteiger partial charge is 0.131 e. The summed E-state index contributed by atoms with van der Waals surface area (Å²) in [7, 11) is 0. The van der Waals surface area contributed by atoms with Crippen LogP contribution in [0, 0.1) is 22.6 Å². The molecule has 128 valence electrons.